The highest BCUT2D eigenvalue weighted by Crippen LogP contribution is 2.33. The third kappa shape index (κ3) is 2.66. The number of carbonyl (C=O) groups excluding carboxylic acids is 1. The highest BCUT2D eigenvalue weighted by molar-refractivity contribution is 7.98. The maximum absolute atomic E-state index is 11.8. The zero-order chi connectivity index (χ0) is 12.3. The van der Waals surface area contributed by atoms with Gasteiger partial charge in [0.1, 0.15) is 5.75 Å². The molecule has 0 bridgehead atoms. The number of fused-ring (bicyclic) bond motifs is 1. The lowest BCUT2D eigenvalue weighted by Gasteiger charge is -2.29. The minimum Gasteiger partial charge on any atom is -0.481 e. The van der Waals surface area contributed by atoms with Crippen molar-refractivity contribution in [3.05, 3.63) is 18.2 Å². The van der Waals surface area contributed by atoms with E-state index in [2.05, 4.69) is 6.26 Å². The summed E-state index contributed by atoms with van der Waals surface area (Å²) < 4.78 is 5.38. The minimum absolute atomic E-state index is 0.0170. The molecule has 0 spiro atoms. The van der Waals surface area contributed by atoms with Gasteiger partial charge in [-0.1, -0.05) is 0 Å². The first-order valence-electron chi connectivity index (χ1n) is 5.54. The van der Waals surface area contributed by atoms with Gasteiger partial charge in [-0.25, -0.2) is 0 Å². The lowest BCUT2D eigenvalue weighted by molar-refractivity contribution is -0.121. The zero-order valence-corrected chi connectivity index (χ0v) is 10.6. The molecule has 0 fully saturated rings. The first kappa shape index (κ1) is 12.1. The Balaban J connectivity index is 2.18. The minimum atomic E-state index is 0.0170. The van der Waals surface area contributed by atoms with E-state index in [0.29, 0.717) is 11.4 Å². The number of benzene rings is 1. The molecule has 5 heteroatoms. The number of anilines is 2. The molecule has 1 aliphatic rings. The van der Waals surface area contributed by atoms with Gasteiger partial charge in [-0.3, -0.25) is 4.79 Å². The largest absolute Gasteiger partial charge is 0.481 e. The van der Waals surface area contributed by atoms with Crippen LogP contribution >= 0.6 is 11.8 Å². The number of ether oxygens (including phenoxy) is 1. The standard InChI is InChI=1S/C12H16N2O2S/c1-17-6-2-5-14-10-4-3-9(13)7-11(10)16-8-12(14)15/h3-4,7H,2,5-6,8,13H2,1H3. The second kappa shape index (κ2) is 5.31. The molecule has 2 N–H and O–H groups in total. The molecule has 0 aliphatic carbocycles. The average Bonchev–Trinajstić information content (AvgIpc) is 2.32. The second-order valence-electron chi connectivity index (χ2n) is 3.91. The topological polar surface area (TPSA) is 55.6 Å². The Labute approximate surface area is 105 Å². The van der Waals surface area contributed by atoms with Gasteiger partial charge in [-0.2, -0.15) is 11.8 Å². The average molecular weight is 252 g/mol. The van der Waals surface area contributed by atoms with Crippen LogP contribution in [0.3, 0.4) is 0 Å². The molecule has 0 saturated carbocycles. The number of thioether (sulfide) groups is 1. The van der Waals surface area contributed by atoms with Crippen molar-refractivity contribution in [2.75, 3.05) is 35.8 Å². The molecule has 1 aromatic carbocycles. The molecule has 92 valence electrons. The highest BCUT2D eigenvalue weighted by atomic mass is 32.2. The van der Waals surface area contributed by atoms with Crippen molar-refractivity contribution in [2.45, 2.75) is 6.42 Å². The number of nitrogen functional groups attached to an aromatic ring is 1. The van der Waals surface area contributed by atoms with E-state index in [1.54, 1.807) is 28.8 Å². The molecule has 2 rings (SSSR count). The van der Waals surface area contributed by atoms with Crippen LogP contribution in [0.4, 0.5) is 11.4 Å². The lowest BCUT2D eigenvalue weighted by Crippen LogP contribution is -2.39. The van der Waals surface area contributed by atoms with E-state index in [-0.39, 0.29) is 12.5 Å². The SMILES string of the molecule is CSCCCN1C(=O)COc2cc(N)ccc21. The Bertz CT molecular complexity index is 423. The number of hydrogen-bond acceptors (Lipinski definition) is 4. The molecule has 1 aliphatic heterocycles. The molecule has 17 heavy (non-hydrogen) atoms. The first-order valence-corrected chi connectivity index (χ1v) is 6.93. The van der Waals surface area contributed by atoms with Crippen LogP contribution in [0.2, 0.25) is 0 Å². The summed E-state index contributed by atoms with van der Waals surface area (Å²) in [6, 6.07) is 5.41. The van der Waals surface area contributed by atoms with E-state index in [0.717, 1.165) is 24.4 Å². The van der Waals surface area contributed by atoms with E-state index in [4.69, 9.17) is 10.5 Å². The Morgan fingerprint density at radius 3 is 3.12 bits per heavy atom. The van der Waals surface area contributed by atoms with Crippen LogP contribution in [-0.2, 0) is 4.79 Å². The summed E-state index contributed by atoms with van der Waals surface area (Å²) in [6.07, 6.45) is 3.05. The van der Waals surface area contributed by atoms with Gasteiger partial charge < -0.3 is 15.4 Å². The maximum Gasteiger partial charge on any atom is 0.265 e. The second-order valence-corrected chi connectivity index (χ2v) is 4.89. The Kier molecular flexibility index (Phi) is 3.78. The van der Waals surface area contributed by atoms with Crippen LogP contribution in [0, 0.1) is 0 Å². The predicted octanol–water partition coefficient (Wildman–Crippen LogP) is 1.75. The fraction of sp³-hybridized carbons (Fsp3) is 0.417. The molecular weight excluding hydrogens is 236 g/mol. The third-order valence-electron chi connectivity index (χ3n) is 2.66. The molecule has 0 unspecified atom stereocenters. The summed E-state index contributed by atoms with van der Waals surface area (Å²) >= 11 is 1.79. The smallest absolute Gasteiger partial charge is 0.265 e. The van der Waals surface area contributed by atoms with Gasteiger partial charge in [0, 0.05) is 18.3 Å². The molecule has 1 aromatic rings. The Hall–Kier alpha value is -1.36. The predicted molar refractivity (Wildman–Crippen MR) is 71.7 cm³/mol. The van der Waals surface area contributed by atoms with Crippen molar-refractivity contribution in [1.29, 1.82) is 0 Å². The fourth-order valence-electron chi connectivity index (χ4n) is 1.83. The van der Waals surface area contributed by atoms with E-state index in [9.17, 15) is 4.79 Å². The molecular formula is C12H16N2O2S. The maximum atomic E-state index is 11.8. The third-order valence-corrected chi connectivity index (χ3v) is 3.35. The van der Waals surface area contributed by atoms with Gasteiger partial charge in [0.25, 0.3) is 5.91 Å². The Morgan fingerprint density at radius 1 is 1.53 bits per heavy atom. The van der Waals surface area contributed by atoms with Gasteiger partial charge in [0.15, 0.2) is 6.61 Å². The van der Waals surface area contributed by atoms with Crippen LogP contribution in [0.25, 0.3) is 0 Å². The highest BCUT2D eigenvalue weighted by Gasteiger charge is 2.24. The number of hydrogen-bond donors (Lipinski definition) is 1. The van der Waals surface area contributed by atoms with Crippen molar-refractivity contribution in [3.63, 3.8) is 0 Å². The van der Waals surface area contributed by atoms with Crippen LogP contribution in [0.15, 0.2) is 18.2 Å². The van der Waals surface area contributed by atoms with E-state index in [1.165, 1.54) is 0 Å². The number of carbonyl (C=O) groups is 1. The van der Waals surface area contributed by atoms with Gasteiger partial charge in [0.05, 0.1) is 5.69 Å². The molecule has 0 saturated heterocycles. The number of nitrogens with zero attached hydrogens (tertiary/aromatic N) is 1. The van der Waals surface area contributed by atoms with Crippen LogP contribution in [0.1, 0.15) is 6.42 Å². The van der Waals surface area contributed by atoms with Crippen LogP contribution in [0.5, 0.6) is 5.75 Å². The first-order chi connectivity index (χ1) is 8.22. The van der Waals surface area contributed by atoms with Crippen molar-refractivity contribution >= 4 is 29.0 Å². The van der Waals surface area contributed by atoms with Crippen LogP contribution < -0.4 is 15.4 Å². The van der Waals surface area contributed by atoms with Crippen LogP contribution in [-0.4, -0.2) is 31.1 Å². The summed E-state index contributed by atoms with van der Waals surface area (Å²) in [5.41, 5.74) is 7.18. The lowest BCUT2D eigenvalue weighted by atomic mass is 10.2. The molecule has 0 atom stereocenters. The summed E-state index contributed by atoms with van der Waals surface area (Å²) in [7, 11) is 0. The number of nitrogens with two attached hydrogens (primary N) is 1. The summed E-state index contributed by atoms with van der Waals surface area (Å²) in [5.74, 6) is 1.77. The van der Waals surface area contributed by atoms with E-state index in [1.807, 2.05) is 6.07 Å². The number of amides is 1. The van der Waals surface area contributed by atoms with Gasteiger partial charge in [-0.15, -0.1) is 0 Å². The van der Waals surface area contributed by atoms with Gasteiger partial charge >= 0.3 is 0 Å². The normalized spacial score (nSPS) is 14.4. The van der Waals surface area contributed by atoms with Crippen molar-refractivity contribution in [1.82, 2.24) is 0 Å². The van der Waals surface area contributed by atoms with Crippen molar-refractivity contribution < 1.29 is 9.53 Å². The quantitative estimate of drug-likeness (QED) is 0.655. The van der Waals surface area contributed by atoms with Gasteiger partial charge in [0.2, 0.25) is 0 Å². The molecule has 0 aromatic heterocycles. The van der Waals surface area contributed by atoms with Gasteiger partial charge in [-0.05, 0) is 30.6 Å². The number of rotatable bonds is 4. The van der Waals surface area contributed by atoms with Crippen molar-refractivity contribution in [3.8, 4) is 5.75 Å². The summed E-state index contributed by atoms with van der Waals surface area (Å²) in [4.78, 5) is 13.6. The molecule has 1 amide bonds. The molecule has 1 heterocycles. The molecule has 4 nitrogen and oxygen atoms in total. The van der Waals surface area contributed by atoms with E-state index < -0.39 is 0 Å². The monoisotopic (exact) mass is 252 g/mol. The zero-order valence-electron chi connectivity index (χ0n) is 9.81. The van der Waals surface area contributed by atoms with Crippen molar-refractivity contribution in [2.24, 2.45) is 0 Å². The molecule has 0 radical (unpaired) electrons. The summed E-state index contributed by atoms with van der Waals surface area (Å²) in [6.45, 7) is 0.843. The fourth-order valence-corrected chi connectivity index (χ4v) is 2.25. The Morgan fingerprint density at radius 2 is 2.35 bits per heavy atom. The summed E-state index contributed by atoms with van der Waals surface area (Å²) in [5, 5.41) is 0. The van der Waals surface area contributed by atoms with E-state index >= 15 is 0 Å².